The maximum atomic E-state index is 11.9. The average molecular weight is 408 g/mol. The van der Waals surface area contributed by atoms with Gasteiger partial charge in [0, 0.05) is 17.9 Å². The molecule has 0 aliphatic carbocycles. The molecule has 0 aliphatic rings. The fraction of sp³-hybridized carbons (Fsp3) is 0.211. The molecule has 2 rings (SSSR count). The summed E-state index contributed by atoms with van der Waals surface area (Å²) in [6.07, 6.45) is -0.00166. The molecule has 0 radical (unpaired) electrons. The second kappa shape index (κ2) is 9.94. The largest absolute Gasteiger partial charge is 0.497 e. The summed E-state index contributed by atoms with van der Waals surface area (Å²) >= 11 is 11.8. The number of hydrogen-bond donors (Lipinski definition) is 2. The molecular formula is C19H19Cl2N3O3. The number of hydrogen-bond acceptors (Lipinski definition) is 4. The van der Waals surface area contributed by atoms with E-state index in [0.29, 0.717) is 21.4 Å². The SMILES string of the molecule is COc1ccc(/C(C)=N/NC(=O)CCC(=O)Nc2ccc(Cl)cc2Cl)cc1. The van der Waals surface area contributed by atoms with E-state index in [9.17, 15) is 9.59 Å². The van der Waals surface area contributed by atoms with Crippen LogP contribution < -0.4 is 15.5 Å². The second-order valence-electron chi connectivity index (χ2n) is 5.63. The van der Waals surface area contributed by atoms with Crippen molar-refractivity contribution in [2.75, 3.05) is 12.4 Å². The molecule has 2 N–H and O–H groups in total. The van der Waals surface area contributed by atoms with Crippen molar-refractivity contribution in [3.05, 3.63) is 58.1 Å². The van der Waals surface area contributed by atoms with Gasteiger partial charge in [0.2, 0.25) is 11.8 Å². The molecule has 0 saturated carbocycles. The molecule has 8 heteroatoms. The maximum absolute atomic E-state index is 11.9. The highest BCUT2D eigenvalue weighted by Gasteiger charge is 2.09. The van der Waals surface area contributed by atoms with Gasteiger partial charge in [-0.05, 0) is 55.0 Å². The van der Waals surface area contributed by atoms with E-state index in [1.165, 1.54) is 6.07 Å². The Bertz CT molecular complexity index is 852. The molecule has 6 nitrogen and oxygen atoms in total. The maximum Gasteiger partial charge on any atom is 0.240 e. The number of halogens is 2. The van der Waals surface area contributed by atoms with Crippen molar-refractivity contribution in [2.45, 2.75) is 19.8 Å². The summed E-state index contributed by atoms with van der Waals surface area (Å²) in [5, 5.41) is 7.49. The lowest BCUT2D eigenvalue weighted by atomic mass is 10.1. The Morgan fingerprint density at radius 3 is 2.33 bits per heavy atom. The van der Waals surface area contributed by atoms with Crippen LogP contribution in [0.5, 0.6) is 5.75 Å². The van der Waals surface area contributed by atoms with Gasteiger partial charge < -0.3 is 10.1 Å². The minimum Gasteiger partial charge on any atom is -0.497 e. The van der Waals surface area contributed by atoms with Crippen LogP contribution in [0.1, 0.15) is 25.3 Å². The number of ether oxygens (including phenoxy) is 1. The summed E-state index contributed by atoms with van der Waals surface area (Å²) in [4.78, 5) is 23.8. The van der Waals surface area contributed by atoms with Gasteiger partial charge in [-0.1, -0.05) is 23.2 Å². The normalized spacial score (nSPS) is 11.0. The molecule has 0 aromatic heterocycles. The standard InChI is InChI=1S/C19H19Cl2N3O3/c1-12(13-3-6-15(27-2)7-4-13)23-24-19(26)10-9-18(25)22-17-8-5-14(20)11-16(17)21/h3-8,11H,9-10H2,1-2H3,(H,22,25)(H,24,26)/b23-12+. The smallest absolute Gasteiger partial charge is 0.240 e. The number of carbonyl (C=O) groups is 2. The number of methoxy groups -OCH3 is 1. The Morgan fingerprint density at radius 1 is 1.04 bits per heavy atom. The number of carbonyl (C=O) groups excluding carboxylic acids is 2. The summed E-state index contributed by atoms with van der Waals surface area (Å²) in [6, 6.07) is 12.0. The average Bonchev–Trinajstić information content (AvgIpc) is 2.66. The number of nitrogens with one attached hydrogen (secondary N) is 2. The van der Waals surface area contributed by atoms with E-state index in [2.05, 4.69) is 15.8 Å². The topological polar surface area (TPSA) is 79.8 Å². The molecule has 0 unspecified atom stereocenters. The van der Waals surface area contributed by atoms with E-state index in [1.807, 2.05) is 24.3 Å². The van der Waals surface area contributed by atoms with Gasteiger partial charge in [0.25, 0.3) is 0 Å². The molecule has 0 fully saturated rings. The Kier molecular flexibility index (Phi) is 7.64. The lowest BCUT2D eigenvalue weighted by Crippen LogP contribution is -2.21. The Hall–Kier alpha value is -2.57. The molecule has 0 saturated heterocycles. The van der Waals surface area contributed by atoms with Crippen molar-refractivity contribution in [1.82, 2.24) is 5.43 Å². The lowest BCUT2D eigenvalue weighted by Gasteiger charge is -2.07. The first-order valence-corrected chi connectivity index (χ1v) is 8.87. The van der Waals surface area contributed by atoms with Crippen LogP contribution in [0.3, 0.4) is 0 Å². The molecule has 27 heavy (non-hydrogen) atoms. The zero-order chi connectivity index (χ0) is 19.8. The number of hydrazone groups is 1. The molecule has 0 heterocycles. The number of rotatable bonds is 7. The second-order valence-corrected chi connectivity index (χ2v) is 6.48. The van der Waals surface area contributed by atoms with Crippen molar-refractivity contribution >= 4 is 46.4 Å². The Balaban J connectivity index is 1.81. The van der Waals surface area contributed by atoms with Gasteiger partial charge in [0.05, 0.1) is 23.5 Å². The van der Waals surface area contributed by atoms with Crippen LogP contribution in [0.15, 0.2) is 47.6 Å². The number of amides is 2. The predicted octanol–water partition coefficient (Wildman–Crippen LogP) is 4.26. The van der Waals surface area contributed by atoms with Gasteiger partial charge in [-0.2, -0.15) is 5.10 Å². The van der Waals surface area contributed by atoms with Gasteiger partial charge >= 0.3 is 0 Å². The number of nitrogens with zero attached hydrogens (tertiary/aromatic N) is 1. The lowest BCUT2D eigenvalue weighted by molar-refractivity contribution is -0.124. The summed E-state index contributed by atoms with van der Waals surface area (Å²) in [6.45, 7) is 1.78. The van der Waals surface area contributed by atoms with Crippen molar-refractivity contribution in [2.24, 2.45) is 5.10 Å². The van der Waals surface area contributed by atoms with Crippen molar-refractivity contribution < 1.29 is 14.3 Å². The third-order valence-corrected chi connectivity index (χ3v) is 4.19. The zero-order valence-corrected chi connectivity index (χ0v) is 16.4. The van der Waals surface area contributed by atoms with Crippen LogP contribution in [-0.4, -0.2) is 24.6 Å². The monoisotopic (exact) mass is 407 g/mol. The first kappa shape index (κ1) is 20.7. The molecule has 0 spiro atoms. The molecule has 0 atom stereocenters. The van der Waals surface area contributed by atoms with E-state index in [0.717, 1.165) is 11.3 Å². The highest BCUT2D eigenvalue weighted by atomic mass is 35.5. The fourth-order valence-corrected chi connectivity index (χ4v) is 2.59. The Morgan fingerprint density at radius 2 is 1.70 bits per heavy atom. The van der Waals surface area contributed by atoms with Gasteiger partial charge in [-0.3, -0.25) is 9.59 Å². The van der Waals surface area contributed by atoms with E-state index in [4.69, 9.17) is 27.9 Å². The third-order valence-electron chi connectivity index (χ3n) is 3.64. The summed E-state index contributed by atoms with van der Waals surface area (Å²) < 4.78 is 5.09. The molecule has 2 aromatic rings. The number of anilines is 1. The molecule has 2 amide bonds. The van der Waals surface area contributed by atoms with Crippen LogP contribution in [-0.2, 0) is 9.59 Å². The molecule has 2 aromatic carbocycles. The fourth-order valence-electron chi connectivity index (χ4n) is 2.13. The van der Waals surface area contributed by atoms with Gasteiger partial charge in [0.15, 0.2) is 0 Å². The summed E-state index contributed by atoms with van der Waals surface area (Å²) in [5.41, 5.74) is 4.38. The quantitative estimate of drug-likeness (QED) is 0.531. The molecule has 0 bridgehead atoms. The van der Waals surface area contributed by atoms with E-state index in [1.54, 1.807) is 26.2 Å². The van der Waals surface area contributed by atoms with Crippen molar-refractivity contribution in [1.29, 1.82) is 0 Å². The van der Waals surface area contributed by atoms with Crippen LogP contribution in [0.4, 0.5) is 5.69 Å². The zero-order valence-electron chi connectivity index (χ0n) is 14.9. The van der Waals surface area contributed by atoms with Gasteiger partial charge in [-0.15, -0.1) is 0 Å². The molecular weight excluding hydrogens is 389 g/mol. The van der Waals surface area contributed by atoms with E-state index in [-0.39, 0.29) is 24.7 Å². The first-order chi connectivity index (χ1) is 12.9. The molecule has 0 aliphatic heterocycles. The highest BCUT2D eigenvalue weighted by molar-refractivity contribution is 6.36. The van der Waals surface area contributed by atoms with Gasteiger partial charge in [0.1, 0.15) is 5.75 Å². The van der Waals surface area contributed by atoms with E-state index < -0.39 is 0 Å². The summed E-state index contributed by atoms with van der Waals surface area (Å²) in [7, 11) is 1.59. The molecule has 142 valence electrons. The van der Waals surface area contributed by atoms with Crippen LogP contribution in [0.25, 0.3) is 0 Å². The van der Waals surface area contributed by atoms with E-state index >= 15 is 0 Å². The predicted molar refractivity (Wildman–Crippen MR) is 108 cm³/mol. The highest BCUT2D eigenvalue weighted by Crippen LogP contribution is 2.25. The van der Waals surface area contributed by atoms with Crippen molar-refractivity contribution in [3.63, 3.8) is 0 Å². The minimum atomic E-state index is -0.361. The number of benzene rings is 2. The van der Waals surface area contributed by atoms with Crippen LogP contribution in [0.2, 0.25) is 10.0 Å². The Labute approximate surface area is 167 Å². The van der Waals surface area contributed by atoms with Crippen LogP contribution in [0, 0.1) is 0 Å². The van der Waals surface area contributed by atoms with Gasteiger partial charge in [-0.25, -0.2) is 5.43 Å². The first-order valence-electron chi connectivity index (χ1n) is 8.11. The minimum absolute atomic E-state index is 0.00188. The van der Waals surface area contributed by atoms with Crippen LogP contribution >= 0.6 is 23.2 Å². The third kappa shape index (κ3) is 6.58. The van der Waals surface area contributed by atoms with Crippen molar-refractivity contribution in [3.8, 4) is 5.75 Å². The summed E-state index contributed by atoms with van der Waals surface area (Å²) in [5.74, 6) is 0.0489.